The Balaban J connectivity index is 1.90. The normalized spacial score (nSPS) is 31.5. The Kier molecular flexibility index (Phi) is 2.28. The predicted molar refractivity (Wildman–Crippen MR) is 54.3 cm³/mol. The minimum Gasteiger partial charge on any atom is -0.297 e. The summed E-state index contributed by atoms with van der Waals surface area (Å²) in [5, 5.41) is 2.14. The van der Waals surface area contributed by atoms with E-state index >= 15 is 0 Å². The van der Waals surface area contributed by atoms with Crippen LogP contribution in [0.25, 0.3) is 0 Å². The third kappa shape index (κ3) is 1.85. The highest BCUT2D eigenvalue weighted by molar-refractivity contribution is 5.55. The Morgan fingerprint density at radius 1 is 1.62 bits per heavy atom. The molecule has 0 bridgehead atoms. The first kappa shape index (κ1) is 9.00. The summed E-state index contributed by atoms with van der Waals surface area (Å²) in [6.45, 7) is 6.65. The van der Waals surface area contributed by atoms with E-state index in [1.807, 2.05) is 6.34 Å². The second kappa shape index (κ2) is 3.29. The number of nitrogens with zero attached hydrogens (tertiary/aromatic N) is 2. The summed E-state index contributed by atoms with van der Waals surface area (Å²) < 4.78 is 0. The molecule has 0 aromatic carbocycles. The zero-order valence-electron chi connectivity index (χ0n) is 8.58. The average Bonchev–Trinajstić information content (AvgIpc) is 2.63. The van der Waals surface area contributed by atoms with Gasteiger partial charge in [0.15, 0.2) is 0 Å². The van der Waals surface area contributed by atoms with E-state index in [0.717, 1.165) is 19.1 Å². The number of nitrogens with one attached hydrogen (secondary N) is 1. The fourth-order valence-corrected chi connectivity index (χ4v) is 2.40. The van der Waals surface area contributed by atoms with Gasteiger partial charge in [-0.15, -0.1) is 0 Å². The molecule has 74 valence electrons. The average molecular weight is 181 g/mol. The number of rotatable bonds is 2. The maximum Gasteiger partial charge on any atom is 0.107 e. The van der Waals surface area contributed by atoms with Gasteiger partial charge in [0.1, 0.15) is 13.0 Å². The van der Waals surface area contributed by atoms with Crippen molar-refractivity contribution in [2.75, 3.05) is 13.2 Å². The van der Waals surface area contributed by atoms with Gasteiger partial charge in [-0.1, -0.05) is 20.3 Å². The minimum absolute atomic E-state index is 0.526. The highest BCUT2D eigenvalue weighted by Crippen LogP contribution is 2.42. The van der Waals surface area contributed by atoms with Gasteiger partial charge >= 0.3 is 0 Å². The first-order chi connectivity index (χ1) is 6.18. The summed E-state index contributed by atoms with van der Waals surface area (Å²) in [5.41, 5.74) is 3.76. The Morgan fingerprint density at radius 3 is 3.00 bits per heavy atom. The van der Waals surface area contributed by atoms with Crippen molar-refractivity contribution < 1.29 is 0 Å². The molecule has 1 heterocycles. The van der Waals surface area contributed by atoms with E-state index in [1.54, 1.807) is 0 Å². The quantitative estimate of drug-likeness (QED) is 0.701. The molecule has 1 saturated carbocycles. The summed E-state index contributed by atoms with van der Waals surface area (Å²) in [6.07, 6.45) is 6.07. The van der Waals surface area contributed by atoms with Crippen molar-refractivity contribution in [3.05, 3.63) is 0 Å². The second-order valence-corrected chi connectivity index (χ2v) is 4.84. The van der Waals surface area contributed by atoms with Gasteiger partial charge in [-0.05, 0) is 24.2 Å². The van der Waals surface area contributed by atoms with Crippen molar-refractivity contribution >= 4 is 6.34 Å². The van der Waals surface area contributed by atoms with E-state index < -0.39 is 0 Å². The number of hydrogen-bond donors (Lipinski definition) is 1. The van der Waals surface area contributed by atoms with Crippen LogP contribution < -0.4 is 5.43 Å². The predicted octanol–water partition coefficient (Wildman–Crippen LogP) is 1.62. The third-order valence-corrected chi connectivity index (χ3v) is 3.48. The topological polar surface area (TPSA) is 27.6 Å². The van der Waals surface area contributed by atoms with Crippen LogP contribution >= 0.6 is 0 Å². The molecule has 3 heteroatoms. The zero-order chi connectivity index (χ0) is 9.31. The summed E-state index contributed by atoms with van der Waals surface area (Å²) in [5.74, 6) is 0.824. The van der Waals surface area contributed by atoms with Gasteiger partial charge in [-0.3, -0.25) is 10.0 Å². The van der Waals surface area contributed by atoms with Gasteiger partial charge < -0.3 is 0 Å². The van der Waals surface area contributed by atoms with E-state index in [9.17, 15) is 0 Å². The largest absolute Gasteiger partial charge is 0.297 e. The van der Waals surface area contributed by atoms with Gasteiger partial charge in [0.05, 0.1) is 0 Å². The molecule has 2 rings (SSSR count). The molecular formula is C10H19N3. The van der Waals surface area contributed by atoms with Gasteiger partial charge in [0, 0.05) is 6.54 Å². The van der Waals surface area contributed by atoms with Crippen molar-refractivity contribution in [1.82, 2.24) is 10.4 Å². The molecule has 0 spiro atoms. The van der Waals surface area contributed by atoms with Crippen molar-refractivity contribution in [3.8, 4) is 0 Å². The van der Waals surface area contributed by atoms with E-state index in [-0.39, 0.29) is 0 Å². The smallest absolute Gasteiger partial charge is 0.107 e. The summed E-state index contributed by atoms with van der Waals surface area (Å²) in [6, 6.07) is 0. The minimum atomic E-state index is 0.526. The maximum absolute atomic E-state index is 4.14. The Labute approximate surface area is 80.2 Å². The molecule has 1 aliphatic heterocycles. The van der Waals surface area contributed by atoms with Crippen LogP contribution in [-0.4, -0.2) is 24.6 Å². The molecule has 1 aliphatic carbocycles. The molecule has 0 aromatic heterocycles. The van der Waals surface area contributed by atoms with Gasteiger partial charge in [0.25, 0.3) is 0 Å². The Hall–Kier alpha value is -0.570. The molecule has 0 unspecified atom stereocenters. The molecule has 3 nitrogen and oxygen atoms in total. The summed E-state index contributed by atoms with van der Waals surface area (Å²) in [7, 11) is 0. The molecular weight excluding hydrogens is 162 g/mol. The number of hydrogen-bond acceptors (Lipinski definition) is 3. The molecule has 1 atom stereocenters. The molecule has 1 N–H and O–H groups in total. The van der Waals surface area contributed by atoms with Crippen LogP contribution in [0, 0.1) is 11.3 Å². The molecule has 13 heavy (non-hydrogen) atoms. The van der Waals surface area contributed by atoms with Gasteiger partial charge in [0.2, 0.25) is 0 Å². The lowest BCUT2D eigenvalue weighted by Crippen LogP contribution is -2.38. The fourth-order valence-electron chi connectivity index (χ4n) is 2.40. The van der Waals surface area contributed by atoms with Crippen LogP contribution in [0.2, 0.25) is 0 Å². The van der Waals surface area contributed by atoms with E-state index in [4.69, 9.17) is 0 Å². The lowest BCUT2D eigenvalue weighted by atomic mass is 9.82. The van der Waals surface area contributed by atoms with E-state index in [0.29, 0.717) is 5.41 Å². The van der Waals surface area contributed by atoms with Crippen LogP contribution in [0.15, 0.2) is 4.99 Å². The first-order valence-electron chi connectivity index (χ1n) is 5.18. The first-order valence-corrected chi connectivity index (χ1v) is 5.18. The molecule has 0 radical (unpaired) electrons. The molecule has 1 fully saturated rings. The standard InChI is InChI=1S/C10H19N3/c1-10(2)5-3-4-9(10)6-13-8-11-7-12-13/h8-9,12H,3-7H2,1-2H3/t9-/m1/s1. The maximum atomic E-state index is 4.14. The van der Waals surface area contributed by atoms with Crippen LogP contribution in [0.1, 0.15) is 33.1 Å². The third-order valence-electron chi connectivity index (χ3n) is 3.48. The van der Waals surface area contributed by atoms with Crippen LogP contribution in [0.4, 0.5) is 0 Å². The van der Waals surface area contributed by atoms with Crippen molar-refractivity contribution in [2.45, 2.75) is 33.1 Å². The van der Waals surface area contributed by atoms with E-state index in [2.05, 4.69) is 29.3 Å². The monoisotopic (exact) mass is 181 g/mol. The van der Waals surface area contributed by atoms with E-state index in [1.165, 1.54) is 19.3 Å². The van der Waals surface area contributed by atoms with Crippen molar-refractivity contribution in [1.29, 1.82) is 0 Å². The number of aliphatic imine (C=N–C) groups is 1. The second-order valence-electron chi connectivity index (χ2n) is 4.84. The molecule has 2 aliphatic rings. The Bertz CT molecular complexity index is 210. The van der Waals surface area contributed by atoms with Gasteiger partial charge in [-0.25, -0.2) is 5.43 Å². The molecule has 0 aromatic rings. The van der Waals surface area contributed by atoms with Crippen LogP contribution in [0.3, 0.4) is 0 Å². The Morgan fingerprint density at radius 2 is 2.46 bits per heavy atom. The van der Waals surface area contributed by atoms with Crippen LogP contribution in [0.5, 0.6) is 0 Å². The lowest BCUT2D eigenvalue weighted by Gasteiger charge is -2.30. The molecule has 0 saturated heterocycles. The highest BCUT2D eigenvalue weighted by Gasteiger charge is 2.35. The van der Waals surface area contributed by atoms with Crippen molar-refractivity contribution in [2.24, 2.45) is 16.3 Å². The highest BCUT2D eigenvalue weighted by atomic mass is 15.6. The summed E-state index contributed by atoms with van der Waals surface area (Å²) >= 11 is 0. The SMILES string of the molecule is CC1(C)CCC[C@@H]1CN1C=NCN1. The van der Waals surface area contributed by atoms with Crippen molar-refractivity contribution in [3.63, 3.8) is 0 Å². The fraction of sp³-hybridized carbons (Fsp3) is 0.900. The summed E-state index contributed by atoms with van der Waals surface area (Å²) in [4.78, 5) is 4.14. The number of hydrazine groups is 1. The van der Waals surface area contributed by atoms with Crippen LogP contribution in [-0.2, 0) is 0 Å². The van der Waals surface area contributed by atoms with Gasteiger partial charge in [-0.2, -0.15) is 0 Å². The molecule has 0 amide bonds. The lowest BCUT2D eigenvalue weighted by molar-refractivity contribution is 0.191. The zero-order valence-corrected chi connectivity index (χ0v) is 8.58.